The van der Waals surface area contributed by atoms with Crippen LogP contribution in [-0.2, 0) is 11.8 Å². The third kappa shape index (κ3) is 3.78. The lowest BCUT2D eigenvalue weighted by Gasteiger charge is -2.22. The van der Waals surface area contributed by atoms with Crippen LogP contribution < -0.4 is 5.32 Å². The van der Waals surface area contributed by atoms with E-state index in [1.54, 1.807) is 0 Å². The smallest absolute Gasteiger partial charge is 0.0928 e. The molecule has 0 amide bonds. The first-order valence-electron chi connectivity index (χ1n) is 6.71. The van der Waals surface area contributed by atoms with Gasteiger partial charge in [0.15, 0.2) is 0 Å². The number of piperidine rings is 1. The van der Waals surface area contributed by atoms with Crippen molar-refractivity contribution in [1.29, 1.82) is 0 Å². The van der Waals surface area contributed by atoms with Crippen molar-refractivity contribution >= 4 is 11.3 Å². The topological polar surface area (TPSA) is 24.9 Å². The van der Waals surface area contributed by atoms with E-state index in [9.17, 15) is 0 Å². The van der Waals surface area contributed by atoms with Gasteiger partial charge in [-0.1, -0.05) is 20.8 Å². The number of nitrogens with one attached hydrogen (secondary N) is 1. The minimum absolute atomic E-state index is 0.196. The lowest BCUT2D eigenvalue weighted by molar-refractivity contribution is 0.358. The minimum atomic E-state index is 0.196. The number of hydrogen-bond donors (Lipinski definition) is 1. The molecule has 1 aromatic rings. The maximum absolute atomic E-state index is 4.76. The van der Waals surface area contributed by atoms with Crippen molar-refractivity contribution in [2.45, 2.75) is 51.9 Å². The van der Waals surface area contributed by atoms with E-state index in [0.29, 0.717) is 0 Å². The molecule has 1 unspecified atom stereocenters. The summed E-state index contributed by atoms with van der Waals surface area (Å²) in [5, 5.41) is 7.03. The maximum Gasteiger partial charge on any atom is 0.0928 e. The van der Waals surface area contributed by atoms with Gasteiger partial charge in [-0.3, -0.25) is 0 Å². The summed E-state index contributed by atoms with van der Waals surface area (Å²) in [4.78, 5) is 4.76. The van der Waals surface area contributed by atoms with Crippen molar-refractivity contribution in [3.63, 3.8) is 0 Å². The molecule has 1 aliphatic rings. The molecule has 0 radical (unpaired) electrons. The second-order valence-corrected chi connectivity index (χ2v) is 7.07. The van der Waals surface area contributed by atoms with E-state index in [1.165, 1.54) is 43.1 Å². The van der Waals surface area contributed by atoms with Crippen molar-refractivity contribution in [1.82, 2.24) is 10.3 Å². The molecule has 0 bridgehead atoms. The highest BCUT2D eigenvalue weighted by Gasteiger charge is 2.18. The minimum Gasteiger partial charge on any atom is -0.316 e. The molecule has 1 saturated heterocycles. The molecule has 0 spiro atoms. The van der Waals surface area contributed by atoms with Crippen LogP contribution >= 0.6 is 11.3 Å². The molecule has 3 heteroatoms. The first-order chi connectivity index (χ1) is 8.05. The number of rotatable bonds is 3. The van der Waals surface area contributed by atoms with Crippen LogP contribution in [0.2, 0.25) is 0 Å². The third-order valence-electron chi connectivity index (χ3n) is 3.49. The normalized spacial score (nSPS) is 21.7. The Morgan fingerprint density at radius 2 is 2.29 bits per heavy atom. The van der Waals surface area contributed by atoms with Gasteiger partial charge in [-0.15, -0.1) is 11.3 Å². The fourth-order valence-corrected chi connectivity index (χ4v) is 3.31. The van der Waals surface area contributed by atoms with Gasteiger partial charge in [-0.25, -0.2) is 4.98 Å². The van der Waals surface area contributed by atoms with Crippen LogP contribution in [0, 0.1) is 5.92 Å². The number of hydrogen-bond acceptors (Lipinski definition) is 3. The van der Waals surface area contributed by atoms with Crippen LogP contribution in [0.1, 0.15) is 50.7 Å². The summed E-state index contributed by atoms with van der Waals surface area (Å²) in [6.45, 7) is 9.12. The molecule has 96 valence electrons. The molecule has 2 heterocycles. The molecular formula is C14H24N2S. The molecule has 0 aromatic carbocycles. The average molecular weight is 252 g/mol. The zero-order valence-corrected chi connectivity index (χ0v) is 12.1. The van der Waals surface area contributed by atoms with Crippen LogP contribution in [0.5, 0.6) is 0 Å². The fraction of sp³-hybridized carbons (Fsp3) is 0.786. The molecule has 1 fully saturated rings. The molecule has 1 N–H and O–H groups in total. The van der Waals surface area contributed by atoms with Crippen molar-refractivity contribution in [3.05, 3.63) is 16.1 Å². The van der Waals surface area contributed by atoms with Crippen LogP contribution in [0.25, 0.3) is 0 Å². The van der Waals surface area contributed by atoms with Gasteiger partial charge in [0.25, 0.3) is 0 Å². The zero-order chi connectivity index (χ0) is 12.3. The van der Waals surface area contributed by atoms with E-state index in [4.69, 9.17) is 4.98 Å². The summed E-state index contributed by atoms with van der Waals surface area (Å²) in [5.74, 6) is 0.866. The second-order valence-electron chi connectivity index (χ2n) is 6.13. The molecule has 0 saturated carbocycles. The Morgan fingerprint density at radius 3 is 2.88 bits per heavy atom. The predicted octanol–water partition coefficient (Wildman–Crippen LogP) is 3.37. The average Bonchev–Trinajstić information content (AvgIpc) is 2.76. The Hall–Kier alpha value is -0.410. The quantitative estimate of drug-likeness (QED) is 0.892. The number of aryl methyl sites for hydroxylation is 1. The summed E-state index contributed by atoms with van der Waals surface area (Å²) in [6, 6.07) is 0. The van der Waals surface area contributed by atoms with Gasteiger partial charge in [-0.05, 0) is 44.7 Å². The van der Waals surface area contributed by atoms with E-state index in [0.717, 1.165) is 12.3 Å². The Balaban J connectivity index is 1.84. The van der Waals surface area contributed by atoms with Gasteiger partial charge in [0.1, 0.15) is 0 Å². The second kappa shape index (κ2) is 5.49. The predicted molar refractivity (Wildman–Crippen MR) is 74.7 cm³/mol. The van der Waals surface area contributed by atoms with E-state index < -0.39 is 0 Å². The van der Waals surface area contributed by atoms with Crippen molar-refractivity contribution in [2.24, 2.45) is 5.92 Å². The van der Waals surface area contributed by atoms with E-state index in [2.05, 4.69) is 31.5 Å². The first-order valence-corrected chi connectivity index (χ1v) is 7.59. The van der Waals surface area contributed by atoms with Gasteiger partial charge in [0.05, 0.1) is 10.7 Å². The highest BCUT2D eigenvalue weighted by Crippen LogP contribution is 2.25. The Labute approximate surface area is 109 Å². The molecule has 1 atom stereocenters. The van der Waals surface area contributed by atoms with Crippen molar-refractivity contribution in [3.8, 4) is 0 Å². The van der Waals surface area contributed by atoms with Gasteiger partial charge in [-0.2, -0.15) is 0 Å². The van der Waals surface area contributed by atoms with Gasteiger partial charge in [0.2, 0.25) is 0 Å². The highest BCUT2D eigenvalue weighted by molar-refractivity contribution is 7.09. The van der Waals surface area contributed by atoms with Crippen molar-refractivity contribution < 1.29 is 0 Å². The number of nitrogens with zero attached hydrogens (tertiary/aromatic N) is 1. The van der Waals surface area contributed by atoms with Crippen LogP contribution in [0.15, 0.2) is 5.38 Å². The highest BCUT2D eigenvalue weighted by atomic mass is 32.1. The number of aromatic nitrogens is 1. The first kappa shape index (κ1) is 13.0. The van der Waals surface area contributed by atoms with E-state index in [1.807, 2.05) is 11.3 Å². The zero-order valence-electron chi connectivity index (χ0n) is 11.3. The Bertz CT molecular complexity index is 345. The van der Waals surface area contributed by atoms with Gasteiger partial charge >= 0.3 is 0 Å². The Morgan fingerprint density at radius 1 is 1.47 bits per heavy atom. The monoisotopic (exact) mass is 252 g/mol. The summed E-state index contributed by atoms with van der Waals surface area (Å²) >= 11 is 1.83. The van der Waals surface area contributed by atoms with Gasteiger partial charge < -0.3 is 5.32 Å². The summed E-state index contributed by atoms with van der Waals surface area (Å²) in [5.41, 5.74) is 1.44. The van der Waals surface area contributed by atoms with E-state index >= 15 is 0 Å². The van der Waals surface area contributed by atoms with Crippen LogP contribution in [0.3, 0.4) is 0 Å². The maximum atomic E-state index is 4.76. The fourth-order valence-electron chi connectivity index (χ4n) is 2.27. The molecule has 2 nitrogen and oxygen atoms in total. The number of thiazole rings is 1. The molecule has 17 heavy (non-hydrogen) atoms. The van der Waals surface area contributed by atoms with Crippen molar-refractivity contribution in [2.75, 3.05) is 13.1 Å². The molecule has 2 rings (SSSR count). The molecule has 0 aliphatic carbocycles. The van der Waals surface area contributed by atoms with E-state index in [-0.39, 0.29) is 5.41 Å². The largest absolute Gasteiger partial charge is 0.316 e. The van der Waals surface area contributed by atoms with Crippen LogP contribution in [-0.4, -0.2) is 18.1 Å². The van der Waals surface area contributed by atoms with Gasteiger partial charge in [0, 0.05) is 10.8 Å². The lowest BCUT2D eigenvalue weighted by atomic mass is 9.93. The standard InChI is InChI=1S/C14H24N2S/c1-14(2,3)12-10-17-13(16-12)7-6-11-5-4-8-15-9-11/h10-11,15H,4-9H2,1-3H3. The third-order valence-corrected chi connectivity index (χ3v) is 4.39. The lowest BCUT2D eigenvalue weighted by Crippen LogP contribution is -2.29. The Kier molecular flexibility index (Phi) is 4.21. The summed E-state index contributed by atoms with van der Waals surface area (Å²) in [7, 11) is 0. The van der Waals surface area contributed by atoms with Crippen LogP contribution in [0.4, 0.5) is 0 Å². The summed E-state index contributed by atoms with van der Waals surface area (Å²) < 4.78 is 0. The molecule has 1 aliphatic heterocycles. The SMILES string of the molecule is CC(C)(C)c1csc(CCC2CCCNC2)n1. The molecule has 1 aromatic heterocycles. The molecular weight excluding hydrogens is 228 g/mol. The summed E-state index contributed by atoms with van der Waals surface area (Å²) in [6.07, 6.45) is 5.19.